The monoisotopic (exact) mass is 382 g/mol. The highest BCUT2D eigenvalue weighted by Crippen LogP contribution is 2.16. The maximum atomic E-state index is 12.3. The summed E-state index contributed by atoms with van der Waals surface area (Å²) in [6, 6.07) is 0. The summed E-state index contributed by atoms with van der Waals surface area (Å²) in [4.78, 5) is 33.4. The number of halogens is 1. The minimum Gasteiger partial charge on any atom is -0.477 e. The minimum atomic E-state index is -1.10. The quantitative estimate of drug-likeness (QED) is 0.780. The van der Waals surface area contributed by atoms with Crippen LogP contribution in [0.5, 0.6) is 0 Å². The Morgan fingerprint density at radius 3 is 2.70 bits per heavy atom. The number of aromatic nitrogens is 4. The SMILES string of the molecule is CN(C)c1ncc(Br)c(C(=O)NCc2cnn(C)c2C(=O)O)n1. The van der Waals surface area contributed by atoms with Gasteiger partial charge in [-0.25, -0.2) is 14.8 Å². The van der Waals surface area contributed by atoms with Gasteiger partial charge in [-0.15, -0.1) is 0 Å². The third-order valence-electron chi connectivity index (χ3n) is 3.00. The van der Waals surface area contributed by atoms with E-state index in [4.69, 9.17) is 5.11 Å². The van der Waals surface area contributed by atoms with Crippen molar-refractivity contribution in [1.82, 2.24) is 25.1 Å². The lowest BCUT2D eigenvalue weighted by Gasteiger charge is -2.12. The number of hydrogen-bond acceptors (Lipinski definition) is 6. The zero-order valence-corrected chi connectivity index (χ0v) is 14.3. The summed E-state index contributed by atoms with van der Waals surface area (Å²) in [6.45, 7) is 0.0298. The van der Waals surface area contributed by atoms with Gasteiger partial charge in [-0.3, -0.25) is 9.48 Å². The van der Waals surface area contributed by atoms with E-state index < -0.39 is 11.9 Å². The Bertz CT molecular complexity index is 758. The summed E-state index contributed by atoms with van der Waals surface area (Å²) in [5.41, 5.74) is 0.608. The van der Waals surface area contributed by atoms with Gasteiger partial charge in [-0.1, -0.05) is 0 Å². The summed E-state index contributed by atoms with van der Waals surface area (Å²) in [7, 11) is 5.05. The maximum Gasteiger partial charge on any atom is 0.354 e. The fourth-order valence-corrected chi connectivity index (χ4v) is 2.25. The predicted molar refractivity (Wildman–Crippen MR) is 85.4 cm³/mol. The standard InChI is InChI=1S/C13H15BrN6O3/c1-19(2)13-16-6-8(14)9(18-13)11(21)15-4-7-5-17-20(3)10(7)12(22)23/h5-6H,4H2,1-3H3,(H,15,21)(H,22,23). The molecule has 2 aromatic heterocycles. The average Bonchev–Trinajstić information content (AvgIpc) is 2.86. The molecule has 0 aliphatic rings. The van der Waals surface area contributed by atoms with E-state index in [0.717, 1.165) is 0 Å². The van der Waals surface area contributed by atoms with Crippen LogP contribution in [0.1, 0.15) is 26.5 Å². The first-order valence-electron chi connectivity index (χ1n) is 6.53. The number of rotatable bonds is 5. The number of aryl methyl sites for hydroxylation is 1. The van der Waals surface area contributed by atoms with Crippen molar-refractivity contribution in [2.45, 2.75) is 6.54 Å². The molecule has 10 heteroatoms. The van der Waals surface area contributed by atoms with E-state index in [-0.39, 0.29) is 17.9 Å². The van der Waals surface area contributed by atoms with E-state index in [1.807, 2.05) is 0 Å². The average molecular weight is 383 g/mol. The van der Waals surface area contributed by atoms with Gasteiger partial charge in [0.1, 0.15) is 5.69 Å². The Balaban J connectivity index is 2.17. The number of carbonyl (C=O) groups is 2. The molecule has 2 aromatic rings. The third kappa shape index (κ3) is 3.65. The zero-order chi connectivity index (χ0) is 17.1. The van der Waals surface area contributed by atoms with Crippen LogP contribution in [0.2, 0.25) is 0 Å². The summed E-state index contributed by atoms with van der Waals surface area (Å²) < 4.78 is 1.69. The van der Waals surface area contributed by atoms with Gasteiger partial charge in [-0.2, -0.15) is 5.10 Å². The molecule has 122 valence electrons. The highest BCUT2D eigenvalue weighted by molar-refractivity contribution is 9.10. The number of anilines is 1. The zero-order valence-electron chi connectivity index (χ0n) is 12.7. The topological polar surface area (TPSA) is 113 Å². The minimum absolute atomic E-state index is 0.0287. The van der Waals surface area contributed by atoms with Crippen LogP contribution in [0.15, 0.2) is 16.9 Å². The second-order valence-electron chi connectivity index (χ2n) is 4.89. The van der Waals surface area contributed by atoms with Crippen molar-refractivity contribution in [3.63, 3.8) is 0 Å². The number of nitrogens with zero attached hydrogens (tertiary/aromatic N) is 5. The first kappa shape index (κ1) is 16.9. The molecule has 0 aromatic carbocycles. The molecule has 0 unspecified atom stereocenters. The Kier molecular flexibility index (Phi) is 4.94. The highest BCUT2D eigenvalue weighted by Gasteiger charge is 2.18. The molecule has 2 heterocycles. The van der Waals surface area contributed by atoms with E-state index in [9.17, 15) is 9.59 Å². The molecule has 9 nitrogen and oxygen atoms in total. The molecule has 0 atom stereocenters. The lowest BCUT2D eigenvalue weighted by molar-refractivity contribution is 0.0682. The predicted octanol–water partition coefficient (Wildman–Crippen LogP) is 0.667. The van der Waals surface area contributed by atoms with Gasteiger partial charge in [0, 0.05) is 39.4 Å². The molecular weight excluding hydrogens is 368 g/mol. The number of amides is 1. The van der Waals surface area contributed by atoms with Crippen LogP contribution < -0.4 is 10.2 Å². The number of carbonyl (C=O) groups excluding carboxylic acids is 1. The van der Waals surface area contributed by atoms with Crippen molar-refractivity contribution < 1.29 is 14.7 Å². The van der Waals surface area contributed by atoms with Crippen molar-refractivity contribution in [2.24, 2.45) is 7.05 Å². The lowest BCUT2D eigenvalue weighted by atomic mass is 10.2. The smallest absolute Gasteiger partial charge is 0.354 e. The van der Waals surface area contributed by atoms with Crippen LogP contribution in [0.25, 0.3) is 0 Å². The van der Waals surface area contributed by atoms with Crippen LogP contribution >= 0.6 is 15.9 Å². The molecule has 0 saturated heterocycles. The van der Waals surface area contributed by atoms with Crippen LogP contribution in [0.3, 0.4) is 0 Å². The van der Waals surface area contributed by atoms with Crippen LogP contribution in [-0.2, 0) is 13.6 Å². The number of carboxylic acids is 1. The second kappa shape index (κ2) is 6.73. The summed E-state index contributed by atoms with van der Waals surface area (Å²) in [6.07, 6.45) is 2.90. The maximum absolute atomic E-state index is 12.3. The molecule has 0 spiro atoms. The molecule has 23 heavy (non-hydrogen) atoms. The van der Waals surface area contributed by atoms with E-state index in [0.29, 0.717) is 16.0 Å². The van der Waals surface area contributed by atoms with E-state index in [1.165, 1.54) is 24.1 Å². The summed E-state index contributed by atoms with van der Waals surface area (Å²) >= 11 is 3.23. The number of carboxylic acid groups (broad SMARTS) is 1. The lowest BCUT2D eigenvalue weighted by Crippen LogP contribution is -2.26. The number of aromatic carboxylic acids is 1. The van der Waals surface area contributed by atoms with Crippen molar-refractivity contribution in [2.75, 3.05) is 19.0 Å². The Hall–Kier alpha value is -2.49. The normalized spacial score (nSPS) is 10.4. The Labute approximate surface area is 140 Å². The molecular formula is C13H15BrN6O3. The molecule has 0 aliphatic carbocycles. The van der Waals surface area contributed by atoms with E-state index >= 15 is 0 Å². The van der Waals surface area contributed by atoms with Crippen molar-refractivity contribution >= 4 is 33.8 Å². The Morgan fingerprint density at radius 2 is 2.09 bits per heavy atom. The molecule has 0 saturated carbocycles. The van der Waals surface area contributed by atoms with E-state index in [1.54, 1.807) is 19.0 Å². The van der Waals surface area contributed by atoms with E-state index in [2.05, 4.69) is 36.3 Å². The summed E-state index contributed by atoms with van der Waals surface area (Å²) in [5, 5.41) is 15.7. The van der Waals surface area contributed by atoms with Gasteiger partial charge in [-0.05, 0) is 15.9 Å². The van der Waals surface area contributed by atoms with Gasteiger partial charge in [0.25, 0.3) is 5.91 Å². The third-order valence-corrected chi connectivity index (χ3v) is 3.58. The first-order valence-corrected chi connectivity index (χ1v) is 7.32. The molecule has 2 rings (SSSR count). The van der Waals surface area contributed by atoms with Gasteiger partial charge in [0.2, 0.25) is 5.95 Å². The Morgan fingerprint density at radius 1 is 1.39 bits per heavy atom. The largest absolute Gasteiger partial charge is 0.477 e. The molecule has 2 N–H and O–H groups in total. The van der Waals surface area contributed by atoms with Crippen molar-refractivity contribution in [1.29, 1.82) is 0 Å². The van der Waals surface area contributed by atoms with Crippen LogP contribution in [-0.4, -0.2) is 50.8 Å². The van der Waals surface area contributed by atoms with Gasteiger partial charge < -0.3 is 15.3 Å². The molecule has 0 fully saturated rings. The fraction of sp³-hybridized carbons (Fsp3) is 0.308. The molecule has 0 radical (unpaired) electrons. The second-order valence-corrected chi connectivity index (χ2v) is 5.75. The summed E-state index contributed by atoms with van der Waals surface area (Å²) in [5.74, 6) is -1.15. The van der Waals surface area contributed by atoms with Crippen LogP contribution in [0.4, 0.5) is 5.95 Å². The number of hydrogen-bond donors (Lipinski definition) is 2. The fourth-order valence-electron chi connectivity index (χ4n) is 1.88. The van der Waals surface area contributed by atoms with Gasteiger partial charge in [0.15, 0.2) is 5.69 Å². The van der Waals surface area contributed by atoms with Crippen molar-refractivity contribution in [3.05, 3.63) is 33.8 Å². The first-order chi connectivity index (χ1) is 10.8. The van der Waals surface area contributed by atoms with Crippen LogP contribution in [0, 0.1) is 0 Å². The molecule has 1 amide bonds. The molecule has 0 bridgehead atoms. The van der Waals surface area contributed by atoms with Crippen molar-refractivity contribution in [3.8, 4) is 0 Å². The number of nitrogens with one attached hydrogen (secondary N) is 1. The van der Waals surface area contributed by atoms with Gasteiger partial charge in [0.05, 0.1) is 10.7 Å². The molecule has 0 aliphatic heterocycles. The highest BCUT2D eigenvalue weighted by atomic mass is 79.9. The van der Waals surface area contributed by atoms with Gasteiger partial charge >= 0.3 is 5.97 Å².